The summed E-state index contributed by atoms with van der Waals surface area (Å²) in [5.41, 5.74) is 0. The van der Waals surface area contributed by atoms with Gasteiger partial charge in [-0.05, 0) is 7.05 Å². The third kappa shape index (κ3) is 6.85. The van der Waals surface area contributed by atoms with Crippen LogP contribution in [0.5, 0.6) is 0 Å². The standard InChI is InChI=1S/C9H21N3.BF4/c1-5-12(6-2)9-10(3)7-8-11(9)4;2-1(3,4)5/h9H,5-8H2,1-4H3;/q;-1/p+1. The molecule has 0 aromatic carbocycles. The maximum Gasteiger partial charge on any atom is 0.673 e. The highest BCUT2D eigenvalue weighted by atomic mass is 19.5. The second kappa shape index (κ2) is 7.18. The highest BCUT2D eigenvalue weighted by Gasteiger charge is 2.33. The molecule has 1 heterocycles. The monoisotopic (exact) mass is 259 g/mol. The minimum Gasteiger partial charge on any atom is -0.418 e. The molecule has 0 aliphatic carbocycles. The summed E-state index contributed by atoms with van der Waals surface area (Å²) >= 11 is 0. The molecule has 1 aliphatic heterocycles. The largest absolute Gasteiger partial charge is 0.673 e. The van der Waals surface area contributed by atoms with Crippen LogP contribution in [0.15, 0.2) is 0 Å². The molecule has 104 valence electrons. The highest BCUT2D eigenvalue weighted by Crippen LogP contribution is 2.06. The molecule has 0 saturated carbocycles. The number of hydrogen-bond donors (Lipinski definition) is 1. The van der Waals surface area contributed by atoms with Crippen molar-refractivity contribution in [2.45, 2.75) is 20.1 Å². The predicted octanol–water partition coefficient (Wildman–Crippen LogP) is 0.372. The van der Waals surface area contributed by atoms with Crippen LogP contribution in [-0.4, -0.2) is 63.6 Å². The molecule has 0 amide bonds. The van der Waals surface area contributed by atoms with E-state index in [1.807, 2.05) is 0 Å². The van der Waals surface area contributed by atoms with Gasteiger partial charge in [-0.3, -0.25) is 0 Å². The molecule has 2 unspecified atom stereocenters. The van der Waals surface area contributed by atoms with Gasteiger partial charge >= 0.3 is 7.25 Å². The topological polar surface area (TPSA) is 10.9 Å². The van der Waals surface area contributed by atoms with E-state index < -0.39 is 7.25 Å². The van der Waals surface area contributed by atoms with Gasteiger partial charge in [0.05, 0.1) is 20.1 Å². The summed E-state index contributed by atoms with van der Waals surface area (Å²) in [6.07, 6.45) is 0.611. The molecule has 0 bridgehead atoms. The first kappa shape index (κ1) is 16.7. The summed E-state index contributed by atoms with van der Waals surface area (Å²) in [6, 6.07) is 0. The van der Waals surface area contributed by atoms with Crippen LogP contribution < -0.4 is 4.90 Å². The average molecular weight is 259 g/mol. The van der Waals surface area contributed by atoms with Crippen molar-refractivity contribution in [1.82, 2.24) is 9.80 Å². The third-order valence-corrected chi connectivity index (χ3v) is 2.88. The van der Waals surface area contributed by atoms with Gasteiger partial charge in [-0.1, -0.05) is 13.8 Å². The van der Waals surface area contributed by atoms with E-state index in [0.717, 1.165) is 13.1 Å². The van der Waals surface area contributed by atoms with E-state index in [9.17, 15) is 17.3 Å². The van der Waals surface area contributed by atoms with Crippen molar-refractivity contribution in [2.24, 2.45) is 0 Å². The Morgan fingerprint density at radius 3 is 1.88 bits per heavy atom. The number of nitrogens with one attached hydrogen (secondary N) is 1. The first-order valence-electron chi connectivity index (χ1n) is 5.84. The summed E-state index contributed by atoms with van der Waals surface area (Å²) < 4.78 is 39.0. The second-order valence-corrected chi connectivity index (χ2v) is 4.17. The number of quaternary nitrogens is 1. The molecule has 0 aromatic rings. The third-order valence-electron chi connectivity index (χ3n) is 2.88. The zero-order chi connectivity index (χ0) is 13.6. The van der Waals surface area contributed by atoms with E-state index in [1.54, 1.807) is 4.90 Å². The van der Waals surface area contributed by atoms with Crippen LogP contribution in [0.1, 0.15) is 13.8 Å². The van der Waals surface area contributed by atoms with Crippen LogP contribution in [0.3, 0.4) is 0 Å². The predicted molar refractivity (Wildman–Crippen MR) is 61.3 cm³/mol. The molecule has 2 atom stereocenters. The van der Waals surface area contributed by atoms with Gasteiger partial charge in [0.1, 0.15) is 0 Å². The normalized spacial score (nSPS) is 25.9. The van der Waals surface area contributed by atoms with Crippen molar-refractivity contribution in [2.75, 3.05) is 40.3 Å². The van der Waals surface area contributed by atoms with Crippen LogP contribution in [0, 0.1) is 0 Å². The molecule has 8 heteroatoms. The van der Waals surface area contributed by atoms with Gasteiger partial charge in [0.15, 0.2) is 0 Å². The molecule has 1 N–H and O–H groups in total. The fourth-order valence-corrected chi connectivity index (χ4v) is 2.14. The van der Waals surface area contributed by atoms with Crippen LogP contribution in [-0.2, 0) is 0 Å². The van der Waals surface area contributed by atoms with Gasteiger partial charge < -0.3 is 22.2 Å². The zero-order valence-electron chi connectivity index (χ0n) is 10.9. The zero-order valence-corrected chi connectivity index (χ0v) is 10.9. The lowest BCUT2D eigenvalue weighted by molar-refractivity contribution is -0.911. The molecule has 1 rings (SSSR count). The molecule has 1 saturated heterocycles. The Morgan fingerprint density at radius 2 is 1.65 bits per heavy atom. The van der Waals surface area contributed by atoms with Crippen molar-refractivity contribution >= 4 is 7.25 Å². The van der Waals surface area contributed by atoms with E-state index >= 15 is 0 Å². The lowest BCUT2D eigenvalue weighted by atomic mass is 10.3. The fourth-order valence-electron chi connectivity index (χ4n) is 2.14. The van der Waals surface area contributed by atoms with Gasteiger partial charge in [-0.2, -0.15) is 0 Å². The van der Waals surface area contributed by atoms with E-state index in [0.29, 0.717) is 6.29 Å². The number of likely N-dealkylation sites (N-methyl/N-ethyl adjacent to an activating group) is 2. The van der Waals surface area contributed by atoms with Gasteiger partial charge in [0.25, 0.3) is 0 Å². The van der Waals surface area contributed by atoms with Crippen LogP contribution in [0.25, 0.3) is 0 Å². The lowest BCUT2D eigenvalue weighted by Gasteiger charge is -2.31. The minimum absolute atomic E-state index is 0.611. The first-order chi connectivity index (χ1) is 7.70. The Balaban J connectivity index is 0.000000437. The molecule has 1 fully saturated rings. The quantitative estimate of drug-likeness (QED) is 0.580. The molecular formula is C9H22BF4N3. The Kier molecular flexibility index (Phi) is 7.04. The maximum absolute atomic E-state index is 9.75. The van der Waals surface area contributed by atoms with Crippen molar-refractivity contribution < 1.29 is 22.2 Å². The van der Waals surface area contributed by atoms with Crippen LogP contribution in [0.4, 0.5) is 17.3 Å². The van der Waals surface area contributed by atoms with Crippen molar-refractivity contribution in [3.63, 3.8) is 0 Å². The average Bonchev–Trinajstić information content (AvgIpc) is 2.49. The molecule has 0 spiro atoms. The first-order valence-corrected chi connectivity index (χ1v) is 5.84. The van der Waals surface area contributed by atoms with E-state index in [2.05, 4.69) is 37.7 Å². The summed E-state index contributed by atoms with van der Waals surface area (Å²) in [4.78, 5) is 6.59. The number of halogens is 4. The molecule has 1 aliphatic rings. The van der Waals surface area contributed by atoms with Gasteiger partial charge in [-0.25, -0.2) is 9.80 Å². The molecular weight excluding hydrogens is 237 g/mol. The molecule has 17 heavy (non-hydrogen) atoms. The Morgan fingerprint density at radius 1 is 1.24 bits per heavy atom. The highest BCUT2D eigenvalue weighted by molar-refractivity contribution is 6.50. The van der Waals surface area contributed by atoms with Crippen molar-refractivity contribution in [3.8, 4) is 0 Å². The SMILES string of the molecule is CCN(CC)C1N(C)CC[NH+]1C.F[B-](F)(F)F. The Labute approximate surface area is 100 Å². The van der Waals surface area contributed by atoms with Gasteiger partial charge in [0.2, 0.25) is 6.29 Å². The maximum atomic E-state index is 9.75. The summed E-state index contributed by atoms with van der Waals surface area (Å²) in [5, 5.41) is 0. The van der Waals surface area contributed by atoms with E-state index in [-0.39, 0.29) is 0 Å². The van der Waals surface area contributed by atoms with Crippen molar-refractivity contribution in [1.29, 1.82) is 0 Å². The van der Waals surface area contributed by atoms with E-state index in [1.165, 1.54) is 13.1 Å². The summed E-state index contributed by atoms with van der Waals surface area (Å²) in [5.74, 6) is 0. The Bertz CT molecular complexity index is 195. The van der Waals surface area contributed by atoms with Crippen LogP contribution >= 0.6 is 0 Å². The molecule has 3 nitrogen and oxygen atoms in total. The summed E-state index contributed by atoms with van der Waals surface area (Å²) in [7, 11) is -1.49. The van der Waals surface area contributed by atoms with E-state index in [4.69, 9.17) is 0 Å². The van der Waals surface area contributed by atoms with Crippen LogP contribution in [0.2, 0.25) is 0 Å². The lowest BCUT2D eigenvalue weighted by Crippen LogP contribution is -3.13. The number of hydrogen-bond acceptors (Lipinski definition) is 2. The number of nitrogens with zero attached hydrogens (tertiary/aromatic N) is 2. The van der Waals surface area contributed by atoms with Gasteiger partial charge in [-0.15, -0.1) is 0 Å². The Hall–Kier alpha value is -0.335. The number of rotatable bonds is 3. The smallest absolute Gasteiger partial charge is 0.418 e. The fraction of sp³-hybridized carbons (Fsp3) is 1.00. The van der Waals surface area contributed by atoms with Crippen molar-refractivity contribution in [3.05, 3.63) is 0 Å². The molecule has 0 aromatic heterocycles. The minimum atomic E-state index is -6.00. The molecule has 0 radical (unpaired) electrons. The second-order valence-electron chi connectivity index (χ2n) is 4.17. The van der Waals surface area contributed by atoms with Gasteiger partial charge in [0, 0.05) is 13.1 Å². The summed E-state index contributed by atoms with van der Waals surface area (Å²) in [6.45, 7) is 9.29.